The maximum Gasteiger partial charge on any atom is 0.290 e. The van der Waals surface area contributed by atoms with Gasteiger partial charge in [0.2, 0.25) is 0 Å². The summed E-state index contributed by atoms with van der Waals surface area (Å²) in [5, 5.41) is 1.67. The van der Waals surface area contributed by atoms with Gasteiger partial charge in [-0.05, 0) is 56.0 Å². The van der Waals surface area contributed by atoms with E-state index in [1.807, 2.05) is 61.2 Å². The van der Waals surface area contributed by atoms with Gasteiger partial charge >= 0.3 is 0 Å². The molecule has 1 aliphatic heterocycles. The highest BCUT2D eigenvalue weighted by molar-refractivity contribution is 6.30. The Balaban J connectivity index is 1.65. The van der Waals surface area contributed by atoms with Crippen molar-refractivity contribution in [2.24, 2.45) is 0 Å². The van der Waals surface area contributed by atoms with Gasteiger partial charge < -0.3 is 14.1 Å². The van der Waals surface area contributed by atoms with Gasteiger partial charge in [0.15, 0.2) is 5.76 Å². The van der Waals surface area contributed by atoms with Gasteiger partial charge in [-0.1, -0.05) is 35.9 Å². The minimum Gasteiger partial charge on any atom is -0.451 e. The predicted molar refractivity (Wildman–Crippen MR) is 111 cm³/mol. The van der Waals surface area contributed by atoms with Gasteiger partial charge in [-0.15, -0.1) is 0 Å². The number of carbonyl (C=O) groups is 1. The molecule has 0 saturated carbocycles. The second-order valence-corrected chi connectivity index (χ2v) is 7.94. The average Bonchev–Trinajstić information content (AvgIpc) is 3.30. The molecular weight excluding hydrogens is 374 g/mol. The fourth-order valence-electron chi connectivity index (χ4n) is 3.74. The molecule has 0 aliphatic carbocycles. The van der Waals surface area contributed by atoms with E-state index in [4.69, 9.17) is 20.8 Å². The van der Waals surface area contributed by atoms with Crippen molar-refractivity contribution in [3.05, 3.63) is 69.9 Å². The normalized spacial score (nSPS) is 16.6. The number of amides is 1. The van der Waals surface area contributed by atoms with Crippen molar-refractivity contribution in [2.75, 3.05) is 13.2 Å². The first kappa shape index (κ1) is 19.0. The number of carbonyl (C=O) groups excluding carboxylic acids is 1. The van der Waals surface area contributed by atoms with Crippen molar-refractivity contribution in [3.8, 4) is 0 Å². The minimum atomic E-state index is -0.100. The van der Waals surface area contributed by atoms with E-state index in [1.165, 1.54) is 0 Å². The summed E-state index contributed by atoms with van der Waals surface area (Å²) < 4.78 is 11.8. The number of halogens is 1. The number of hydrogen-bond acceptors (Lipinski definition) is 3. The Kier molecular flexibility index (Phi) is 5.42. The SMILES string of the molecule is Cc1ccc2c(C)c(C(=O)N(Cc3ccc(Cl)cc3)C[C@H]3CCCO3)oc2c1. The first-order chi connectivity index (χ1) is 13.5. The van der Waals surface area contributed by atoms with Crippen LogP contribution in [0.25, 0.3) is 11.0 Å². The maximum atomic E-state index is 13.4. The molecule has 1 amide bonds. The lowest BCUT2D eigenvalue weighted by Gasteiger charge is -2.25. The number of furan rings is 1. The topological polar surface area (TPSA) is 42.7 Å². The van der Waals surface area contributed by atoms with Crippen LogP contribution >= 0.6 is 11.6 Å². The average molecular weight is 398 g/mol. The third kappa shape index (κ3) is 3.94. The summed E-state index contributed by atoms with van der Waals surface area (Å²) in [6, 6.07) is 13.6. The molecule has 1 saturated heterocycles. The van der Waals surface area contributed by atoms with E-state index in [2.05, 4.69) is 0 Å². The van der Waals surface area contributed by atoms with Gasteiger partial charge in [0.25, 0.3) is 5.91 Å². The van der Waals surface area contributed by atoms with Gasteiger partial charge in [-0.2, -0.15) is 0 Å². The molecule has 2 aromatic carbocycles. The van der Waals surface area contributed by atoms with Crippen LogP contribution in [0.4, 0.5) is 0 Å². The molecule has 1 aliphatic rings. The maximum absolute atomic E-state index is 13.4. The van der Waals surface area contributed by atoms with Crippen LogP contribution < -0.4 is 0 Å². The molecule has 28 heavy (non-hydrogen) atoms. The number of rotatable bonds is 5. The Morgan fingerprint density at radius 2 is 1.96 bits per heavy atom. The van der Waals surface area contributed by atoms with Crippen LogP contribution in [0.2, 0.25) is 5.02 Å². The third-order valence-electron chi connectivity index (χ3n) is 5.31. The standard InChI is InChI=1S/C23H24ClNO3/c1-15-5-10-20-16(2)22(28-21(20)12-15)23(26)25(14-19-4-3-11-27-19)13-17-6-8-18(24)9-7-17/h5-10,12,19H,3-4,11,13-14H2,1-2H3/t19-/m1/s1. The highest BCUT2D eigenvalue weighted by Gasteiger charge is 2.27. The van der Waals surface area contributed by atoms with Crippen molar-refractivity contribution in [3.63, 3.8) is 0 Å². The molecule has 3 aromatic rings. The second kappa shape index (κ2) is 7.98. The molecule has 2 heterocycles. The molecule has 0 spiro atoms. The van der Waals surface area contributed by atoms with Crippen LogP contribution in [0.1, 0.15) is 40.1 Å². The molecule has 0 radical (unpaired) electrons. The molecule has 0 unspecified atom stereocenters. The number of fused-ring (bicyclic) bond motifs is 1. The largest absolute Gasteiger partial charge is 0.451 e. The van der Waals surface area contributed by atoms with E-state index in [-0.39, 0.29) is 12.0 Å². The molecule has 4 nitrogen and oxygen atoms in total. The van der Waals surface area contributed by atoms with E-state index in [0.717, 1.165) is 47.1 Å². The Bertz CT molecular complexity index is 987. The predicted octanol–water partition coefficient (Wildman–Crippen LogP) is 5.52. The summed E-state index contributed by atoms with van der Waals surface area (Å²) in [5.41, 5.74) is 3.77. The van der Waals surface area contributed by atoms with E-state index < -0.39 is 0 Å². The van der Waals surface area contributed by atoms with Crippen LogP contribution in [0, 0.1) is 13.8 Å². The van der Waals surface area contributed by atoms with Gasteiger partial charge in [0.05, 0.1) is 6.10 Å². The molecule has 0 bridgehead atoms. The van der Waals surface area contributed by atoms with Crippen LogP contribution in [0.5, 0.6) is 0 Å². The first-order valence-electron chi connectivity index (χ1n) is 9.66. The molecule has 5 heteroatoms. The Morgan fingerprint density at radius 3 is 2.68 bits per heavy atom. The van der Waals surface area contributed by atoms with Crippen molar-refractivity contribution >= 4 is 28.5 Å². The molecule has 0 N–H and O–H groups in total. The highest BCUT2D eigenvalue weighted by atomic mass is 35.5. The molecule has 1 aromatic heterocycles. The van der Waals surface area contributed by atoms with Gasteiger partial charge in [-0.3, -0.25) is 4.79 Å². The Hall–Kier alpha value is -2.30. The zero-order valence-electron chi connectivity index (χ0n) is 16.2. The van der Waals surface area contributed by atoms with E-state index in [9.17, 15) is 4.79 Å². The fraction of sp³-hybridized carbons (Fsp3) is 0.348. The summed E-state index contributed by atoms with van der Waals surface area (Å²) in [6.07, 6.45) is 2.09. The van der Waals surface area contributed by atoms with Gasteiger partial charge in [0, 0.05) is 35.7 Å². The van der Waals surface area contributed by atoms with Crippen LogP contribution in [0.15, 0.2) is 46.9 Å². The first-order valence-corrected chi connectivity index (χ1v) is 10.0. The summed E-state index contributed by atoms with van der Waals surface area (Å²) in [6.45, 7) is 5.77. The number of aryl methyl sites for hydroxylation is 2. The quantitative estimate of drug-likeness (QED) is 0.568. The number of benzene rings is 2. The Labute approximate surface area is 170 Å². The smallest absolute Gasteiger partial charge is 0.290 e. The summed E-state index contributed by atoms with van der Waals surface area (Å²) in [4.78, 5) is 15.3. The van der Waals surface area contributed by atoms with Gasteiger partial charge in [0.1, 0.15) is 5.58 Å². The lowest BCUT2D eigenvalue weighted by molar-refractivity contribution is 0.0485. The van der Waals surface area contributed by atoms with E-state index >= 15 is 0 Å². The molecule has 146 valence electrons. The van der Waals surface area contributed by atoms with E-state index in [0.29, 0.717) is 23.9 Å². The summed E-state index contributed by atoms with van der Waals surface area (Å²) in [5.74, 6) is 0.310. The molecular formula is C23H24ClNO3. The lowest BCUT2D eigenvalue weighted by Crippen LogP contribution is -2.37. The van der Waals surface area contributed by atoms with Gasteiger partial charge in [-0.25, -0.2) is 0 Å². The summed E-state index contributed by atoms with van der Waals surface area (Å²) in [7, 11) is 0. The third-order valence-corrected chi connectivity index (χ3v) is 5.56. The molecule has 4 rings (SSSR count). The van der Waals surface area contributed by atoms with Crippen LogP contribution in [0.3, 0.4) is 0 Å². The highest BCUT2D eigenvalue weighted by Crippen LogP contribution is 2.28. The van der Waals surface area contributed by atoms with Crippen molar-refractivity contribution < 1.29 is 13.9 Å². The molecule has 1 atom stereocenters. The van der Waals surface area contributed by atoms with Crippen LogP contribution in [-0.4, -0.2) is 30.1 Å². The van der Waals surface area contributed by atoms with E-state index in [1.54, 1.807) is 0 Å². The lowest BCUT2D eigenvalue weighted by atomic mass is 10.1. The second-order valence-electron chi connectivity index (χ2n) is 7.50. The fourth-order valence-corrected chi connectivity index (χ4v) is 3.87. The van der Waals surface area contributed by atoms with Crippen molar-refractivity contribution in [1.29, 1.82) is 0 Å². The number of ether oxygens (including phenoxy) is 1. The number of nitrogens with zero attached hydrogens (tertiary/aromatic N) is 1. The van der Waals surface area contributed by atoms with Crippen molar-refractivity contribution in [1.82, 2.24) is 4.90 Å². The monoisotopic (exact) mass is 397 g/mol. The molecule has 1 fully saturated rings. The minimum absolute atomic E-state index is 0.0724. The van der Waals surface area contributed by atoms with Crippen molar-refractivity contribution in [2.45, 2.75) is 39.3 Å². The Morgan fingerprint density at radius 1 is 1.18 bits per heavy atom. The summed E-state index contributed by atoms with van der Waals surface area (Å²) >= 11 is 6.01. The van der Waals surface area contributed by atoms with Crippen LogP contribution in [-0.2, 0) is 11.3 Å². The number of hydrogen-bond donors (Lipinski definition) is 0. The zero-order valence-corrected chi connectivity index (χ0v) is 17.0. The zero-order chi connectivity index (χ0) is 19.7.